The molecule has 0 radical (unpaired) electrons. The van der Waals surface area contributed by atoms with Gasteiger partial charge in [0.25, 0.3) is 5.91 Å². The molecule has 10 heteroatoms. The molecule has 1 fully saturated rings. The van der Waals surface area contributed by atoms with E-state index >= 15 is 0 Å². The number of esters is 1. The molecule has 1 heterocycles. The van der Waals surface area contributed by atoms with Crippen molar-refractivity contribution in [2.45, 2.75) is 31.6 Å². The Morgan fingerprint density at radius 2 is 1.75 bits per heavy atom. The minimum Gasteiger partial charge on any atom is -0.462 e. The number of nitriles is 1. The molecule has 0 atom stereocenters. The van der Waals surface area contributed by atoms with Crippen LogP contribution in [0.3, 0.4) is 0 Å². The third-order valence-electron chi connectivity index (χ3n) is 5.73. The molecule has 2 aromatic carbocycles. The largest absolute Gasteiger partial charge is 0.462 e. The monoisotopic (exact) mass is 510 g/mol. The molecule has 0 unspecified atom stereocenters. The average Bonchev–Trinajstić information content (AvgIpc) is 2.88. The fraction of sp³-hybridized carbons (Fsp3) is 0.346. The third-order valence-corrected chi connectivity index (χ3v) is 7.65. The second kappa shape index (κ2) is 12.3. The maximum Gasteiger partial charge on any atom is 0.340 e. The van der Waals surface area contributed by atoms with Gasteiger partial charge in [0, 0.05) is 32.4 Å². The van der Waals surface area contributed by atoms with Crippen LogP contribution in [-0.2, 0) is 19.6 Å². The number of benzene rings is 2. The SMILES string of the molecule is CCCCOC(=O)c1ccccc1NC(=O)/C(C#N)=C\N1CCN(S(=O)(=O)c2ccc(C)cc2)CC1. The molecular formula is C26H30N4O5S. The standard InChI is InChI=1S/C26H30N4O5S/c1-3-4-17-35-26(32)23-7-5-6-8-24(23)28-25(31)21(18-27)19-29-13-15-30(16-14-29)36(33,34)22-11-9-20(2)10-12-22/h5-12,19H,3-4,13-17H2,1-2H3,(H,28,31)/b21-19-. The van der Waals surface area contributed by atoms with E-state index in [2.05, 4.69) is 5.32 Å². The van der Waals surface area contributed by atoms with E-state index in [0.717, 1.165) is 18.4 Å². The molecule has 0 saturated carbocycles. The van der Waals surface area contributed by atoms with Crippen LogP contribution in [0.25, 0.3) is 0 Å². The summed E-state index contributed by atoms with van der Waals surface area (Å²) in [6.07, 6.45) is 3.04. The Kier molecular flexibility index (Phi) is 9.22. The molecule has 0 spiro atoms. The fourth-order valence-electron chi connectivity index (χ4n) is 3.60. The summed E-state index contributed by atoms with van der Waals surface area (Å²) in [5, 5.41) is 12.2. The zero-order valence-electron chi connectivity index (χ0n) is 20.4. The van der Waals surface area contributed by atoms with E-state index in [1.807, 2.05) is 19.9 Å². The molecule has 190 valence electrons. The van der Waals surface area contributed by atoms with Crippen molar-refractivity contribution < 1.29 is 22.7 Å². The molecule has 1 N–H and O–H groups in total. The fourth-order valence-corrected chi connectivity index (χ4v) is 5.02. The quantitative estimate of drug-likeness (QED) is 0.238. The Bertz CT molecular complexity index is 1260. The number of unbranched alkanes of at least 4 members (excludes halogenated alkanes) is 1. The van der Waals surface area contributed by atoms with Crippen molar-refractivity contribution in [3.63, 3.8) is 0 Å². The number of ether oxygens (including phenoxy) is 1. The molecule has 36 heavy (non-hydrogen) atoms. The van der Waals surface area contributed by atoms with Gasteiger partial charge in [0.15, 0.2) is 0 Å². The number of hydrogen-bond donors (Lipinski definition) is 1. The number of nitrogens with one attached hydrogen (secondary N) is 1. The van der Waals surface area contributed by atoms with Gasteiger partial charge in [-0.3, -0.25) is 4.79 Å². The lowest BCUT2D eigenvalue weighted by atomic mass is 10.1. The first kappa shape index (κ1) is 26.9. The van der Waals surface area contributed by atoms with Crippen molar-refractivity contribution in [1.82, 2.24) is 9.21 Å². The van der Waals surface area contributed by atoms with Crippen LogP contribution in [0.1, 0.15) is 35.7 Å². The van der Waals surface area contributed by atoms with Crippen LogP contribution in [0.5, 0.6) is 0 Å². The van der Waals surface area contributed by atoms with Crippen LogP contribution in [0.2, 0.25) is 0 Å². The molecule has 0 bridgehead atoms. The number of aryl methyl sites for hydroxylation is 1. The average molecular weight is 511 g/mol. The summed E-state index contributed by atoms with van der Waals surface area (Å²) < 4.78 is 32.4. The highest BCUT2D eigenvalue weighted by Gasteiger charge is 2.28. The molecule has 0 aromatic heterocycles. The van der Waals surface area contributed by atoms with Crippen molar-refractivity contribution in [2.24, 2.45) is 0 Å². The topological polar surface area (TPSA) is 120 Å². The van der Waals surface area contributed by atoms with E-state index in [1.165, 1.54) is 10.5 Å². The van der Waals surface area contributed by atoms with Gasteiger partial charge >= 0.3 is 5.97 Å². The van der Waals surface area contributed by atoms with Crippen LogP contribution < -0.4 is 5.32 Å². The van der Waals surface area contributed by atoms with Gasteiger partial charge in [-0.1, -0.05) is 43.2 Å². The Labute approximate surface area is 212 Å². The van der Waals surface area contributed by atoms with Crippen molar-refractivity contribution in [3.8, 4) is 6.07 Å². The summed E-state index contributed by atoms with van der Waals surface area (Å²) in [6, 6.07) is 15.0. The first-order valence-electron chi connectivity index (χ1n) is 11.8. The maximum absolute atomic E-state index is 12.9. The van der Waals surface area contributed by atoms with Gasteiger partial charge in [-0.2, -0.15) is 9.57 Å². The minimum absolute atomic E-state index is 0.154. The smallest absolute Gasteiger partial charge is 0.340 e. The molecule has 3 rings (SSSR count). The Balaban J connectivity index is 1.65. The van der Waals surface area contributed by atoms with Gasteiger partial charge in [-0.05, 0) is 37.6 Å². The lowest BCUT2D eigenvalue weighted by Gasteiger charge is -2.33. The van der Waals surface area contributed by atoms with E-state index in [9.17, 15) is 23.3 Å². The summed E-state index contributed by atoms with van der Waals surface area (Å²) in [5.74, 6) is -1.21. The first-order valence-corrected chi connectivity index (χ1v) is 13.2. The number of amides is 1. The number of anilines is 1. The van der Waals surface area contributed by atoms with Crippen LogP contribution >= 0.6 is 0 Å². The van der Waals surface area contributed by atoms with Crippen molar-refractivity contribution in [2.75, 3.05) is 38.1 Å². The Morgan fingerprint density at radius 3 is 2.39 bits per heavy atom. The van der Waals surface area contributed by atoms with Gasteiger partial charge in [0.1, 0.15) is 11.6 Å². The van der Waals surface area contributed by atoms with Crippen LogP contribution in [0.4, 0.5) is 5.69 Å². The van der Waals surface area contributed by atoms with Gasteiger partial charge in [0.2, 0.25) is 10.0 Å². The van der Waals surface area contributed by atoms with E-state index in [0.29, 0.717) is 13.1 Å². The number of hydrogen-bond acceptors (Lipinski definition) is 7. The summed E-state index contributed by atoms with van der Waals surface area (Å²) in [6.45, 7) is 5.25. The van der Waals surface area contributed by atoms with Crippen molar-refractivity contribution >= 4 is 27.6 Å². The van der Waals surface area contributed by atoms with Gasteiger partial charge in [0.05, 0.1) is 22.8 Å². The zero-order chi connectivity index (χ0) is 26.1. The predicted molar refractivity (Wildman–Crippen MR) is 135 cm³/mol. The molecule has 1 amide bonds. The molecule has 1 aliphatic rings. The highest BCUT2D eigenvalue weighted by atomic mass is 32.2. The zero-order valence-corrected chi connectivity index (χ0v) is 21.3. The van der Waals surface area contributed by atoms with Crippen LogP contribution in [0.15, 0.2) is 65.2 Å². The summed E-state index contributed by atoms with van der Waals surface area (Å²) in [7, 11) is -3.62. The van der Waals surface area contributed by atoms with E-state index in [1.54, 1.807) is 53.4 Å². The number of sulfonamides is 1. The summed E-state index contributed by atoms with van der Waals surface area (Å²) >= 11 is 0. The molecule has 2 aromatic rings. The maximum atomic E-state index is 12.9. The number of carbonyl (C=O) groups is 2. The molecule has 0 aliphatic carbocycles. The highest BCUT2D eigenvalue weighted by Crippen LogP contribution is 2.20. The van der Waals surface area contributed by atoms with E-state index in [4.69, 9.17) is 4.74 Å². The number of piperazine rings is 1. The number of carbonyl (C=O) groups excluding carboxylic acids is 2. The highest BCUT2D eigenvalue weighted by molar-refractivity contribution is 7.89. The van der Waals surface area contributed by atoms with E-state index < -0.39 is 21.9 Å². The molecule has 1 saturated heterocycles. The Hall–Kier alpha value is -3.68. The summed E-state index contributed by atoms with van der Waals surface area (Å²) in [5.41, 5.74) is 1.27. The number of para-hydroxylation sites is 1. The second-order valence-electron chi connectivity index (χ2n) is 8.40. The lowest BCUT2D eigenvalue weighted by Crippen LogP contribution is -2.46. The van der Waals surface area contributed by atoms with Crippen LogP contribution in [-0.4, -0.2) is 62.3 Å². The first-order chi connectivity index (χ1) is 17.3. The van der Waals surface area contributed by atoms with Gasteiger partial charge in [-0.25, -0.2) is 13.2 Å². The third kappa shape index (κ3) is 6.71. The van der Waals surface area contributed by atoms with Crippen molar-refractivity contribution in [3.05, 3.63) is 71.4 Å². The minimum atomic E-state index is -3.62. The van der Waals surface area contributed by atoms with Crippen LogP contribution in [0, 0.1) is 18.3 Å². The van der Waals surface area contributed by atoms with Gasteiger partial charge in [-0.15, -0.1) is 0 Å². The van der Waals surface area contributed by atoms with E-state index in [-0.39, 0.29) is 41.4 Å². The summed E-state index contributed by atoms with van der Waals surface area (Å²) in [4.78, 5) is 27.2. The molecule has 9 nitrogen and oxygen atoms in total. The van der Waals surface area contributed by atoms with Gasteiger partial charge < -0.3 is 15.0 Å². The molecule has 1 aliphatic heterocycles. The number of rotatable bonds is 9. The predicted octanol–water partition coefficient (Wildman–Crippen LogP) is 3.30. The lowest BCUT2D eigenvalue weighted by molar-refractivity contribution is -0.112. The number of nitrogens with zero attached hydrogens (tertiary/aromatic N) is 3. The molecular weight excluding hydrogens is 480 g/mol. The second-order valence-corrected chi connectivity index (χ2v) is 10.3. The Morgan fingerprint density at radius 1 is 1.08 bits per heavy atom. The van der Waals surface area contributed by atoms with Crippen molar-refractivity contribution in [1.29, 1.82) is 5.26 Å². The normalized spacial score (nSPS) is 14.7.